The van der Waals surface area contributed by atoms with E-state index < -0.39 is 5.66 Å². The van der Waals surface area contributed by atoms with Crippen LogP contribution in [0.3, 0.4) is 0 Å². The molecule has 5 nitrogen and oxygen atoms in total. The summed E-state index contributed by atoms with van der Waals surface area (Å²) in [7, 11) is 0. The topological polar surface area (TPSA) is 45.6 Å². The minimum Gasteiger partial charge on any atom is -0.339 e. The number of rotatable bonds is 1. The van der Waals surface area contributed by atoms with Crippen LogP contribution >= 0.6 is 0 Å². The van der Waals surface area contributed by atoms with E-state index >= 15 is 0 Å². The van der Waals surface area contributed by atoms with Crippen LogP contribution in [0.25, 0.3) is 0 Å². The van der Waals surface area contributed by atoms with Crippen LogP contribution in [-0.4, -0.2) is 39.3 Å². The van der Waals surface area contributed by atoms with Crippen molar-refractivity contribution < 1.29 is 9.59 Å². The molecule has 1 atom stereocenters. The molecule has 118 valence electrons. The average molecular weight is 309 g/mol. The normalized spacial score (nSPS) is 23.0. The number of carbonyl (C=O) groups excluding carboxylic acids is 2. The third-order valence-corrected chi connectivity index (χ3v) is 4.94. The highest BCUT2D eigenvalue weighted by Gasteiger charge is 2.55. The van der Waals surface area contributed by atoms with E-state index in [1.165, 1.54) is 0 Å². The Balaban J connectivity index is 1.95. The molecule has 0 radical (unpaired) electrons. The van der Waals surface area contributed by atoms with Crippen LogP contribution in [0.2, 0.25) is 0 Å². The number of benzene rings is 1. The highest BCUT2D eigenvalue weighted by molar-refractivity contribution is 5.95. The summed E-state index contributed by atoms with van der Waals surface area (Å²) in [5, 5.41) is 0. The van der Waals surface area contributed by atoms with Gasteiger partial charge in [0.15, 0.2) is 5.66 Å². The van der Waals surface area contributed by atoms with Crippen molar-refractivity contribution in [2.45, 2.75) is 26.1 Å². The second-order valence-corrected chi connectivity index (χ2v) is 6.34. The maximum atomic E-state index is 13.0. The maximum Gasteiger partial charge on any atom is 0.272 e. The molecule has 1 unspecified atom stereocenters. The number of carbonyl (C=O) groups is 2. The first-order chi connectivity index (χ1) is 11.0. The fraction of sp³-hybridized carbons (Fsp3) is 0.333. The molecule has 0 spiro atoms. The van der Waals surface area contributed by atoms with Crippen molar-refractivity contribution in [2.75, 3.05) is 13.1 Å². The lowest BCUT2D eigenvalue weighted by Gasteiger charge is -2.47. The quantitative estimate of drug-likeness (QED) is 0.808. The predicted molar refractivity (Wildman–Crippen MR) is 85.7 cm³/mol. The van der Waals surface area contributed by atoms with Crippen molar-refractivity contribution in [1.29, 1.82) is 0 Å². The van der Waals surface area contributed by atoms with Gasteiger partial charge >= 0.3 is 0 Å². The number of fused-ring (bicyclic) bond motifs is 2. The van der Waals surface area contributed by atoms with Gasteiger partial charge in [0.1, 0.15) is 5.69 Å². The van der Waals surface area contributed by atoms with Gasteiger partial charge in [0.2, 0.25) is 5.91 Å². The number of hydrogen-bond acceptors (Lipinski definition) is 2. The van der Waals surface area contributed by atoms with Gasteiger partial charge in [-0.2, -0.15) is 0 Å². The van der Waals surface area contributed by atoms with Crippen LogP contribution in [-0.2, 0) is 17.0 Å². The van der Waals surface area contributed by atoms with Gasteiger partial charge in [-0.05, 0) is 24.1 Å². The fourth-order valence-corrected chi connectivity index (χ4v) is 4.02. The number of nitrogens with zero attached hydrogens (tertiary/aromatic N) is 3. The third-order valence-electron chi connectivity index (χ3n) is 4.94. The molecule has 5 heteroatoms. The van der Waals surface area contributed by atoms with Gasteiger partial charge in [-0.25, -0.2) is 0 Å². The fourth-order valence-electron chi connectivity index (χ4n) is 4.02. The van der Waals surface area contributed by atoms with Gasteiger partial charge in [-0.15, -0.1) is 0 Å². The smallest absolute Gasteiger partial charge is 0.272 e. The predicted octanol–water partition coefficient (Wildman–Crippen LogP) is 1.97. The molecule has 3 heterocycles. The SMILES string of the molecule is CC(=O)N1CCN2C(=O)c3cc(C)cn3CC12c1ccccc1. The van der Waals surface area contributed by atoms with Gasteiger partial charge in [-0.3, -0.25) is 9.59 Å². The molecule has 4 rings (SSSR count). The standard InChI is InChI=1S/C18H19N3O2/c1-13-10-16-17(23)21-9-8-20(14(2)22)18(21,12-19(16)11-13)15-6-4-3-5-7-15/h3-7,10-11H,8-9,12H2,1-2H3. The van der Waals surface area contributed by atoms with Crippen LogP contribution < -0.4 is 0 Å². The molecule has 1 aromatic heterocycles. The van der Waals surface area contributed by atoms with Gasteiger partial charge in [0.25, 0.3) is 5.91 Å². The first kappa shape index (κ1) is 14.1. The Kier molecular flexibility index (Phi) is 2.88. The van der Waals surface area contributed by atoms with E-state index in [1.807, 2.05) is 63.9 Å². The van der Waals surface area contributed by atoms with E-state index in [0.717, 1.165) is 11.1 Å². The summed E-state index contributed by atoms with van der Waals surface area (Å²) in [5.74, 6) is -0.00608. The van der Waals surface area contributed by atoms with Gasteiger partial charge < -0.3 is 14.4 Å². The van der Waals surface area contributed by atoms with Crippen LogP contribution in [0.4, 0.5) is 0 Å². The third kappa shape index (κ3) is 1.79. The Morgan fingerprint density at radius 2 is 1.91 bits per heavy atom. The molecule has 2 amide bonds. The van der Waals surface area contributed by atoms with E-state index in [-0.39, 0.29) is 11.8 Å². The minimum atomic E-state index is -0.720. The Hall–Kier alpha value is -2.56. The van der Waals surface area contributed by atoms with Gasteiger partial charge in [0, 0.05) is 26.2 Å². The Morgan fingerprint density at radius 1 is 1.17 bits per heavy atom. The van der Waals surface area contributed by atoms with Crippen LogP contribution in [0.15, 0.2) is 42.6 Å². The Labute approximate surface area is 135 Å². The van der Waals surface area contributed by atoms with E-state index in [4.69, 9.17) is 0 Å². The molecule has 0 N–H and O–H groups in total. The summed E-state index contributed by atoms with van der Waals surface area (Å²) in [4.78, 5) is 29.0. The molecule has 1 fully saturated rings. The molecule has 23 heavy (non-hydrogen) atoms. The molecule has 2 aromatic rings. The van der Waals surface area contributed by atoms with Crippen LogP contribution in [0, 0.1) is 6.92 Å². The summed E-state index contributed by atoms with van der Waals surface area (Å²) in [6.07, 6.45) is 1.99. The molecular weight excluding hydrogens is 290 g/mol. The number of amides is 2. The first-order valence-corrected chi connectivity index (χ1v) is 7.86. The molecule has 2 aliphatic rings. The van der Waals surface area contributed by atoms with E-state index in [2.05, 4.69) is 0 Å². The summed E-state index contributed by atoms with van der Waals surface area (Å²) in [6, 6.07) is 11.8. The zero-order chi connectivity index (χ0) is 16.2. The van der Waals surface area contributed by atoms with E-state index in [0.29, 0.717) is 25.3 Å². The summed E-state index contributed by atoms with van der Waals surface area (Å²) in [5.41, 5.74) is 2.03. The second kappa shape index (κ2) is 4.72. The maximum absolute atomic E-state index is 13.0. The Morgan fingerprint density at radius 3 is 2.61 bits per heavy atom. The molecule has 0 aliphatic carbocycles. The lowest BCUT2D eigenvalue weighted by Crippen LogP contribution is -2.59. The minimum absolute atomic E-state index is 0.00282. The first-order valence-electron chi connectivity index (χ1n) is 7.86. The molecule has 1 saturated heterocycles. The van der Waals surface area contributed by atoms with Gasteiger partial charge in [-0.1, -0.05) is 30.3 Å². The molecule has 0 saturated carbocycles. The van der Waals surface area contributed by atoms with E-state index in [1.54, 1.807) is 6.92 Å². The van der Waals surface area contributed by atoms with Crippen molar-refractivity contribution in [1.82, 2.24) is 14.4 Å². The summed E-state index contributed by atoms with van der Waals surface area (Å²) >= 11 is 0. The summed E-state index contributed by atoms with van der Waals surface area (Å²) in [6.45, 7) is 5.28. The average Bonchev–Trinajstić information content (AvgIpc) is 3.09. The zero-order valence-electron chi connectivity index (χ0n) is 13.3. The molecule has 0 bridgehead atoms. The zero-order valence-corrected chi connectivity index (χ0v) is 13.3. The van der Waals surface area contributed by atoms with Crippen molar-refractivity contribution in [2.24, 2.45) is 0 Å². The van der Waals surface area contributed by atoms with Crippen molar-refractivity contribution in [3.05, 3.63) is 59.4 Å². The molecular formula is C18H19N3O2. The lowest BCUT2D eigenvalue weighted by atomic mass is 9.94. The van der Waals surface area contributed by atoms with Crippen molar-refractivity contribution in [3.8, 4) is 0 Å². The monoisotopic (exact) mass is 309 g/mol. The second-order valence-electron chi connectivity index (χ2n) is 6.34. The van der Waals surface area contributed by atoms with Gasteiger partial charge in [0.05, 0.1) is 6.54 Å². The van der Waals surface area contributed by atoms with Crippen molar-refractivity contribution in [3.63, 3.8) is 0 Å². The van der Waals surface area contributed by atoms with Crippen molar-refractivity contribution >= 4 is 11.8 Å². The number of aromatic nitrogens is 1. The molecule has 1 aromatic carbocycles. The Bertz CT molecular complexity index is 796. The number of aryl methyl sites for hydroxylation is 1. The number of hydrogen-bond donors (Lipinski definition) is 0. The van der Waals surface area contributed by atoms with E-state index in [9.17, 15) is 9.59 Å². The molecule has 2 aliphatic heterocycles. The highest BCUT2D eigenvalue weighted by Crippen LogP contribution is 2.42. The van der Waals surface area contributed by atoms with Crippen LogP contribution in [0.5, 0.6) is 0 Å². The van der Waals surface area contributed by atoms with Crippen LogP contribution in [0.1, 0.15) is 28.5 Å². The lowest BCUT2D eigenvalue weighted by molar-refractivity contribution is -0.138. The largest absolute Gasteiger partial charge is 0.339 e. The highest BCUT2D eigenvalue weighted by atomic mass is 16.2. The summed E-state index contributed by atoms with van der Waals surface area (Å²) < 4.78 is 1.99.